The van der Waals surface area contributed by atoms with Crippen LogP contribution < -0.4 is 16.4 Å². The van der Waals surface area contributed by atoms with Gasteiger partial charge in [-0.15, -0.1) is 0 Å². The summed E-state index contributed by atoms with van der Waals surface area (Å²) in [4.78, 5) is 50.5. The van der Waals surface area contributed by atoms with Crippen LogP contribution in [0.3, 0.4) is 0 Å². The number of hydrogen-bond donors (Lipinski definition) is 4. The summed E-state index contributed by atoms with van der Waals surface area (Å²) < 4.78 is 0. The van der Waals surface area contributed by atoms with Gasteiger partial charge in [0.1, 0.15) is 18.1 Å². The maximum absolute atomic E-state index is 12.7. The van der Waals surface area contributed by atoms with Gasteiger partial charge in [-0.05, 0) is 44.4 Å². The van der Waals surface area contributed by atoms with Crippen LogP contribution in [0.4, 0.5) is 0 Å². The van der Waals surface area contributed by atoms with Gasteiger partial charge in [-0.1, -0.05) is 27.7 Å². The lowest BCUT2D eigenvalue weighted by atomic mass is 10.0. The Morgan fingerprint density at radius 3 is 2.14 bits per heavy atom. The fourth-order valence-electron chi connectivity index (χ4n) is 3.49. The van der Waals surface area contributed by atoms with E-state index in [1.165, 1.54) is 11.8 Å². The molecular weight excluding hydrogens is 376 g/mol. The first-order chi connectivity index (χ1) is 13.4. The second-order valence-electron chi connectivity index (χ2n) is 8.68. The van der Waals surface area contributed by atoms with Crippen molar-refractivity contribution in [3.63, 3.8) is 0 Å². The molecule has 1 aliphatic heterocycles. The number of carboxylic acid groups (broad SMARTS) is 1. The molecule has 0 aromatic heterocycles. The largest absolute Gasteiger partial charge is 0.480 e. The number of carboxylic acids is 1. The lowest BCUT2D eigenvalue weighted by Crippen LogP contribution is -2.56. The Kier molecular flexibility index (Phi) is 9.55. The molecule has 0 aromatic carbocycles. The molecule has 1 saturated heterocycles. The zero-order valence-corrected chi connectivity index (χ0v) is 18.1. The van der Waals surface area contributed by atoms with Crippen molar-refractivity contribution >= 4 is 23.7 Å². The third-order valence-corrected chi connectivity index (χ3v) is 4.95. The second-order valence-corrected chi connectivity index (χ2v) is 8.68. The molecule has 1 aliphatic rings. The molecule has 0 aromatic rings. The minimum absolute atomic E-state index is 0.0920. The summed E-state index contributed by atoms with van der Waals surface area (Å²) in [5.74, 6) is -2.01. The van der Waals surface area contributed by atoms with Crippen LogP contribution in [0.25, 0.3) is 0 Å². The maximum Gasteiger partial charge on any atom is 0.326 e. The Balaban J connectivity index is 2.69. The van der Waals surface area contributed by atoms with Gasteiger partial charge in [-0.3, -0.25) is 14.4 Å². The zero-order valence-electron chi connectivity index (χ0n) is 18.1. The van der Waals surface area contributed by atoms with Gasteiger partial charge < -0.3 is 26.4 Å². The Bertz CT molecular complexity index is 608. The Hall–Kier alpha value is -2.16. The summed E-state index contributed by atoms with van der Waals surface area (Å²) in [6.45, 7) is 9.63. The number of nitrogens with two attached hydrogens (primary N) is 1. The number of nitrogens with zero attached hydrogens (tertiary/aromatic N) is 1. The van der Waals surface area contributed by atoms with Crippen molar-refractivity contribution in [3.05, 3.63) is 0 Å². The predicted octanol–water partition coefficient (Wildman–Crippen LogP) is 0.471. The van der Waals surface area contributed by atoms with E-state index in [2.05, 4.69) is 10.6 Å². The van der Waals surface area contributed by atoms with Crippen LogP contribution in [0.1, 0.15) is 60.3 Å². The lowest BCUT2D eigenvalue weighted by Gasteiger charge is -2.28. The van der Waals surface area contributed by atoms with E-state index in [-0.39, 0.29) is 17.7 Å². The fourth-order valence-corrected chi connectivity index (χ4v) is 3.49. The third kappa shape index (κ3) is 7.64. The van der Waals surface area contributed by atoms with Crippen molar-refractivity contribution in [2.75, 3.05) is 6.54 Å². The van der Waals surface area contributed by atoms with Gasteiger partial charge in [0.2, 0.25) is 17.7 Å². The molecule has 166 valence electrons. The van der Waals surface area contributed by atoms with Gasteiger partial charge >= 0.3 is 5.97 Å². The summed E-state index contributed by atoms with van der Waals surface area (Å²) >= 11 is 0. The Morgan fingerprint density at radius 2 is 1.62 bits per heavy atom. The third-order valence-electron chi connectivity index (χ3n) is 4.95. The molecule has 0 bridgehead atoms. The first-order valence-corrected chi connectivity index (χ1v) is 10.3. The van der Waals surface area contributed by atoms with Crippen LogP contribution >= 0.6 is 0 Å². The van der Waals surface area contributed by atoms with E-state index in [4.69, 9.17) is 5.73 Å². The molecule has 1 fully saturated rings. The van der Waals surface area contributed by atoms with Crippen molar-refractivity contribution in [2.45, 2.75) is 84.5 Å². The molecule has 0 saturated carbocycles. The summed E-state index contributed by atoms with van der Waals surface area (Å²) in [6, 6.07) is -3.25. The summed E-state index contributed by atoms with van der Waals surface area (Å²) in [5, 5.41) is 14.3. The average Bonchev–Trinajstić information content (AvgIpc) is 3.08. The molecular formula is C20H36N4O5. The molecule has 1 heterocycles. The second kappa shape index (κ2) is 11.1. The van der Waals surface area contributed by atoms with Crippen molar-refractivity contribution in [3.8, 4) is 0 Å². The number of amides is 3. The van der Waals surface area contributed by atoms with Crippen molar-refractivity contribution in [1.82, 2.24) is 15.5 Å². The summed E-state index contributed by atoms with van der Waals surface area (Å²) in [7, 11) is 0. The van der Waals surface area contributed by atoms with E-state index in [9.17, 15) is 24.3 Å². The smallest absolute Gasteiger partial charge is 0.326 e. The fraction of sp³-hybridized carbons (Fsp3) is 0.800. The molecule has 4 atom stereocenters. The van der Waals surface area contributed by atoms with Gasteiger partial charge in [0.05, 0.1) is 6.04 Å². The van der Waals surface area contributed by atoms with Crippen molar-refractivity contribution in [1.29, 1.82) is 0 Å². The van der Waals surface area contributed by atoms with Crippen LogP contribution in [-0.2, 0) is 19.2 Å². The molecule has 5 N–H and O–H groups in total. The van der Waals surface area contributed by atoms with Crippen LogP contribution in [0.5, 0.6) is 0 Å². The Morgan fingerprint density at radius 1 is 1.03 bits per heavy atom. The van der Waals surface area contributed by atoms with Gasteiger partial charge in [0, 0.05) is 6.54 Å². The molecule has 0 spiro atoms. The maximum atomic E-state index is 12.7. The number of carbonyl (C=O) groups is 4. The minimum atomic E-state index is -1.11. The lowest BCUT2D eigenvalue weighted by molar-refractivity contribution is -0.143. The van der Waals surface area contributed by atoms with Gasteiger partial charge in [0.25, 0.3) is 0 Å². The molecule has 3 amide bonds. The van der Waals surface area contributed by atoms with Crippen LogP contribution in [0.2, 0.25) is 0 Å². The van der Waals surface area contributed by atoms with E-state index in [0.29, 0.717) is 32.2 Å². The first-order valence-electron chi connectivity index (χ1n) is 10.3. The quantitative estimate of drug-likeness (QED) is 0.411. The molecule has 1 rings (SSSR count). The number of likely N-dealkylation sites (tertiary alicyclic amines) is 1. The molecule has 0 aliphatic carbocycles. The summed E-state index contributed by atoms with van der Waals surface area (Å²) in [5.41, 5.74) is 5.99. The van der Waals surface area contributed by atoms with E-state index in [0.717, 1.165) is 0 Å². The van der Waals surface area contributed by atoms with Crippen molar-refractivity contribution in [2.24, 2.45) is 17.6 Å². The SMILES string of the molecule is CC(C)C[C@H](NC(=O)[C@H](C)NC(=O)[C@@H]1CCCN1C(=O)[C@@H](N)CC(C)C)C(=O)O. The molecule has 29 heavy (non-hydrogen) atoms. The van der Waals surface area contributed by atoms with E-state index in [1.807, 2.05) is 27.7 Å². The molecule has 0 unspecified atom stereocenters. The zero-order chi connectivity index (χ0) is 22.3. The first kappa shape index (κ1) is 24.9. The van der Waals surface area contributed by atoms with Crippen LogP contribution in [0.15, 0.2) is 0 Å². The number of rotatable bonds is 10. The van der Waals surface area contributed by atoms with Crippen LogP contribution in [0, 0.1) is 11.8 Å². The van der Waals surface area contributed by atoms with Gasteiger partial charge in [0.15, 0.2) is 0 Å². The number of nitrogens with one attached hydrogen (secondary N) is 2. The Labute approximate surface area is 172 Å². The monoisotopic (exact) mass is 412 g/mol. The normalized spacial score (nSPS) is 19.7. The van der Waals surface area contributed by atoms with Gasteiger partial charge in [-0.2, -0.15) is 0 Å². The van der Waals surface area contributed by atoms with Crippen LogP contribution in [-0.4, -0.2) is 64.4 Å². The predicted molar refractivity (Wildman–Crippen MR) is 109 cm³/mol. The standard InChI is InChI=1S/C20H36N4O5/c1-11(2)9-14(21)19(27)24-8-6-7-16(24)18(26)22-13(5)17(25)23-15(20(28)29)10-12(3)4/h11-16H,6-10,21H2,1-5H3,(H,22,26)(H,23,25)(H,28,29)/t13-,14-,15-,16-/m0/s1. The number of aliphatic carboxylic acids is 1. The number of carbonyl (C=O) groups excluding carboxylic acids is 3. The van der Waals surface area contributed by atoms with E-state index < -0.39 is 42.0 Å². The highest BCUT2D eigenvalue weighted by Gasteiger charge is 2.37. The van der Waals surface area contributed by atoms with Gasteiger partial charge in [-0.25, -0.2) is 4.79 Å². The topological polar surface area (TPSA) is 142 Å². The van der Waals surface area contributed by atoms with E-state index >= 15 is 0 Å². The van der Waals surface area contributed by atoms with Crippen molar-refractivity contribution < 1.29 is 24.3 Å². The molecule has 0 radical (unpaired) electrons. The number of hydrogen-bond acceptors (Lipinski definition) is 5. The highest BCUT2D eigenvalue weighted by molar-refractivity contribution is 5.94. The average molecular weight is 413 g/mol. The minimum Gasteiger partial charge on any atom is -0.480 e. The summed E-state index contributed by atoms with van der Waals surface area (Å²) in [6.07, 6.45) is 2.02. The highest BCUT2D eigenvalue weighted by Crippen LogP contribution is 2.20. The van der Waals surface area contributed by atoms with E-state index in [1.54, 1.807) is 0 Å². The molecule has 9 nitrogen and oxygen atoms in total. The molecule has 9 heteroatoms. The highest BCUT2D eigenvalue weighted by atomic mass is 16.4.